The predicted molar refractivity (Wildman–Crippen MR) is 83.0 cm³/mol. The average Bonchev–Trinajstić information content (AvgIpc) is 2.94. The highest BCUT2D eigenvalue weighted by molar-refractivity contribution is 7.90. The van der Waals surface area contributed by atoms with E-state index in [-0.39, 0.29) is 17.1 Å². The lowest BCUT2D eigenvalue weighted by atomic mass is 10.00. The van der Waals surface area contributed by atoms with E-state index in [4.69, 9.17) is 0 Å². The number of nitrogens with zero attached hydrogens (tertiary/aromatic N) is 1. The van der Waals surface area contributed by atoms with E-state index in [1.807, 2.05) is 0 Å². The van der Waals surface area contributed by atoms with Crippen LogP contribution in [-0.4, -0.2) is 32.7 Å². The summed E-state index contributed by atoms with van der Waals surface area (Å²) in [6.45, 7) is -0.242. The molecule has 23 heavy (non-hydrogen) atoms. The van der Waals surface area contributed by atoms with Gasteiger partial charge in [0.1, 0.15) is 11.4 Å². The Morgan fingerprint density at radius 3 is 2.61 bits per heavy atom. The first kappa shape index (κ1) is 17.2. The largest absolute Gasteiger partial charge is 0.374 e. The van der Waals surface area contributed by atoms with Gasteiger partial charge in [-0.3, -0.25) is 4.79 Å². The summed E-state index contributed by atoms with van der Waals surface area (Å²) in [5.41, 5.74) is -0.910. The Hall–Kier alpha value is -2.14. The van der Waals surface area contributed by atoms with Crippen LogP contribution in [0.15, 0.2) is 23.1 Å². The number of carbonyl (C=O) groups is 1. The molecule has 6 nitrogen and oxygen atoms in total. The van der Waals surface area contributed by atoms with Crippen molar-refractivity contribution in [3.8, 4) is 6.07 Å². The summed E-state index contributed by atoms with van der Waals surface area (Å²) in [4.78, 5) is 11.9. The minimum Gasteiger partial charge on any atom is -0.374 e. The third-order valence-electron chi connectivity index (χ3n) is 3.86. The molecular formula is C15H18FN3O3S. The summed E-state index contributed by atoms with van der Waals surface area (Å²) in [5.74, 6) is -1.08. The molecule has 2 rings (SSSR count). The molecule has 0 aromatic heterocycles. The molecule has 0 aliphatic heterocycles. The number of hydrogen-bond donors (Lipinski definition) is 2. The molecule has 0 spiro atoms. The lowest BCUT2D eigenvalue weighted by Gasteiger charge is -2.22. The molecule has 0 heterocycles. The molecule has 0 radical (unpaired) electrons. The SMILES string of the molecule is CS(=O)(=O)c1ccc(F)c(NCC(=O)NC2(C#N)CCCC2)c1. The van der Waals surface area contributed by atoms with Crippen molar-refractivity contribution in [3.05, 3.63) is 24.0 Å². The highest BCUT2D eigenvalue weighted by Crippen LogP contribution is 2.28. The van der Waals surface area contributed by atoms with Crippen LogP contribution < -0.4 is 10.6 Å². The third kappa shape index (κ3) is 4.20. The average molecular weight is 339 g/mol. The van der Waals surface area contributed by atoms with Gasteiger partial charge in [-0.2, -0.15) is 5.26 Å². The Balaban J connectivity index is 2.03. The van der Waals surface area contributed by atoms with Crippen molar-refractivity contribution in [2.75, 3.05) is 18.1 Å². The van der Waals surface area contributed by atoms with Crippen molar-refractivity contribution in [1.29, 1.82) is 5.26 Å². The van der Waals surface area contributed by atoms with Gasteiger partial charge in [0.2, 0.25) is 5.91 Å². The Morgan fingerprint density at radius 2 is 2.04 bits per heavy atom. The molecule has 0 bridgehead atoms. The Bertz CT molecular complexity index is 750. The quantitative estimate of drug-likeness (QED) is 0.794. The van der Waals surface area contributed by atoms with E-state index in [2.05, 4.69) is 16.7 Å². The van der Waals surface area contributed by atoms with E-state index in [1.54, 1.807) is 0 Å². The minimum atomic E-state index is -3.46. The molecule has 1 aromatic carbocycles. The van der Waals surface area contributed by atoms with Gasteiger partial charge in [0, 0.05) is 6.26 Å². The molecule has 1 amide bonds. The fourth-order valence-electron chi connectivity index (χ4n) is 2.60. The monoisotopic (exact) mass is 339 g/mol. The zero-order valence-corrected chi connectivity index (χ0v) is 13.5. The molecule has 8 heteroatoms. The number of hydrogen-bond acceptors (Lipinski definition) is 5. The number of sulfone groups is 1. The van der Waals surface area contributed by atoms with E-state index >= 15 is 0 Å². The Morgan fingerprint density at radius 1 is 1.39 bits per heavy atom. The lowest BCUT2D eigenvalue weighted by Crippen LogP contribution is -2.47. The van der Waals surface area contributed by atoms with Gasteiger partial charge in [0.25, 0.3) is 0 Å². The second-order valence-corrected chi connectivity index (χ2v) is 7.73. The summed E-state index contributed by atoms with van der Waals surface area (Å²) in [7, 11) is -3.46. The molecule has 2 N–H and O–H groups in total. The number of halogens is 1. The van der Waals surface area contributed by atoms with Crippen LogP contribution in [0, 0.1) is 17.1 Å². The number of benzene rings is 1. The van der Waals surface area contributed by atoms with Crippen molar-refractivity contribution in [2.45, 2.75) is 36.1 Å². The summed E-state index contributed by atoms with van der Waals surface area (Å²) in [6, 6.07) is 5.48. The second-order valence-electron chi connectivity index (χ2n) is 5.72. The maximum absolute atomic E-state index is 13.7. The van der Waals surface area contributed by atoms with Crippen LogP contribution >= 0.6 is 0 Å². The molecular weight excluding hydrogens is 321 g/mol. The van der Waals surface area contributed by atoms with E-state index < -0.39 is 27.1 Å². The first-order valence-electron chi connectivity index (χ1n) is 7.21. The van der Waals surface area contributed by atoms with Gasteiger partial charge >= 0.3 is 0 Å². The van der Waals surface area contributed by atoms with Crippen LogP contribution in [0.25, 0.3) is 0 Å². The highest BCUT2D eigenvalue weighted by atomic mass is 32.2. The lowest BCUT2D eigenvalue weighted by molar-refractivity contribution is -0.120. The van der Waals surface area contributed by atoms with Crippen molar-refractivity contribution in [1.82, 2.24) is 5.32 Å². The topological polar surface area (TPSA) is 99.1 Å². The Kier molecular flexibility index (Phi) is 4.90. The second kappa shape index (κ2) is 6.54. The van der Waals surface area contributed by atoms with E-state index in [0.29, 0.717) is 12.8 Å². The molecule has 1 fully saturated rings. The van der Waals surface area contributed by atoms with Crippen molar-refractivity contribution >= 4 is 21.4 Å². The first-order valence-corrected chi connectivity index (χ1v) is 9.11. The summed E-state index contributed by atoms with van der Waals surface area (Å²) < 4.78 is 36.7. The molecule has 1 aliphatic carbocycles. The number of anilines is 1. The van der Waals surface area contributed by atoms with Crippen LogP contribution in [0.2, 0.25) is 0 Å². The van der Waals surface area contributed by atoms with Gasteiger partial charge in [-0.05, 0) is 43.9 Å². The third-order valence-corrected chi connectivity index (χ3v) is 4.97. The van der Waals surface area contributed by atoms with Crippen LogP contribution in [0.4, 0.5) is 10.1 Å². The van der Waals surface area contributed by atoms with Crippen LogP contribution in [0.3, 0.4) is 0 Å². The van der Waals surface area contributed by atoms with Crippen LogP contribution in [0.1, 0.15) is 25.7 Å². The van der Waals surface area contributed by atoms with Crippen molar-refractivity contribution in [2.24, 2.45) is 0 Å². The summed E-state index contributed by atoms with van der Waals surface area (Å²) in [5, 5.41) is 14.5. The first-order chi connectivity index (χ1) is 10.8. The highest BCUT2D eigenvalue weighted by Gasteiger charge is 2.35. The minimum absolute atomic E-state index is 0.0360. The van der Waals surface area contributed by atoms with Gasteiger partial charge in [-0.25, -0.2) is 12.8 Å². The number of rotatable bonds is 5. The van der Waals surface area contributed by atoms with Crippen LogP contribution in [0.5, 0.6) is 0 Å². The molecule has 0 unspecified atom stereocenters. The van der Waals surface area contributed by atoms with E-state index in [1.165, 1.54) is 6.07 Å². The van der Waals surface area contributed by atoms with E-state index in [9.17, 15) is 22.9 Å². The van der Waals surface area contributed by atoms with Gasteiger partial charge in [0.15, 0.2) is 9.84 Å². The fourth-order valence-corrected chi connectivity index (χ4v) is 3.25. The zero-order valence-electron chi connectivity index (χ0n) is 12.7. The number of amides is 1. The van der Waals surface area contributed by atoms with Gasteiger partial charge in [-0.1, -0.05) is 0 Å². The summed E-state index contributed by atoms with van der Waals surface area (Å²) in [6.07, 6.45) is 3.99. The molecule has 0 saturated heterocycles. The normalized spacial score (nSPS) is 16.6. The zero-order chi connectivity index (χ0) is 17.1. The van der Waals surface area contributed by atoms with Crippen molar-refractivity contribution < 1.29 is 17.6 Å². The number of carbonyl (C=O) groups excluding carboxylic acids is 1. The maximum atomic E-state index is 13.7. The number of nitriles is 1. The van der Waals surface area contributed by atoms with E-state index in [0.717, 1.165) is 31.2 Å². The smallest absolute Gasteiger partial charge is 0.240 e. The molecule has 124 valence electrons. The predicted octanol–water partition coefficient (Wildman–Crippen LogP) is 1.59. The Labute approximate surface area is 134 Å². The van der Waals surface area contributed by atoms with Gasteiger partial charge in [-0.15, -0.1) is 0 Å². The molecule has 1 aromatic rings. The standard InChI is InChI=1S/C15H18FN3O3S/c1-23(21,22)11-4-5-12(16)13(8-11)18-9-14(20)19-15(10-17)6-2-3-7-15/h4-5,8,18H,2-3,6-7,9H2,1H3,(H,19,20). The number of nitrogens with one attached hydrogen (secondary N) is 2. The molecule has 0 atom stereocenters. The molecule has 1 aliphatic rings. The van der Waals surface area contributed by atoms with Crippen LogP contribution in [-0.2, 0) is 14.6 Å². The van der Waals surface area contributed by atoms with Gasteiger partial charge < -0.3 is 10.6 Å². The maximum Gasteiger partial charge on any atom is 0.240 e. The summed E-state index contributed by atoms with van der Waals surface area (Å²) >= 11 is 0. The van der Waals surface area contributed by atoms with Crippen molar-refractivity contribution in [3.63, 3.8) is 0 Å². The molecule has 1 saturated carbocycles. The van der Waals surface area contributed by atoms with Gasteiger partial charge in [0.05, 0.1) is 23.2 Å². The fraction of sp³-hybridized carbons (Fsp3) is 0.467.